The number of aromatic amines is 1. The van der Waals surface area contributed by atoms with E-state index in [9.17, 15) is 9.59 Å². The largest absolute Gasteiger partial charge is 0.465 e. The van der Waals surface area contributed by atoms with E-state index in [1.165, 1.54) is 7.11 Å². The van der Waals surface area contributed by atoms with Gasteiger partial charge in [-0.15, -0.1) is 0 Å². The Hall–Kier alpha value is -2.86. The van der Waals surface area contributed by atoms with Gasteiger partial charge in [0.05, 0.1) is 18.2 Å². The van der Waals surface area contributed by atoms with Crippen LogP contribution >= 0.6 is 11.6 Å². The fourth-order valence-electron chi connectivity index (χ4n) is 3.35. The molecule has 1 aromatic carbocycles. The van der Waals surface area contributed by atoms with E-state index in [0.717, 1.165) is 22.2 Å². The summed E-state index contributed by atoms with van der Waals surface area (Å²) in [5.74, 6) is -0.528. The van der Waals surface area contributed by atoms with Crippen molar-refractivity contribution in [3.63, 3.8) is 0 Å². The number of carbonyl (C=O) groups excluding carboxylic acids is 2. The maximum atomic E-state index is 12.8. The van der Waals surface area contributed by atoms with Crippen molar-refractivity contribution in [2.75, 3.05) is 13.7 Å². The van der Waals surface area contributed by atoms with Crippen molar-refractivity contribution in [1.82, 2.24) is 14.9 Å². The Morgan fingerprint density at radius 1 is 1.31 bits per heavy atom. The van der Waals surface area contributed by atoms with E-state index in [4.69, 9.17) is 16.3 Å². The van der Waals surface area contributed by atoms with Gasteiger partial charge >= 0.3 is 5.97 Å². The molecule has 7 heteroatoms. The van der Waals surface area contributed by atoms with Crippen molar-refractivity contribution < 1.29 is 14.3 Å². The van der Waals surface area contributed by atoms with E-state index in [2.05, 4.69) is 9.97 Å². The van der Waals surface area contributed by atoms with Crippen molar-refractivity contribution >= 4 is 34.4 Å². The number of nitrogens with one attached hydrogen (secondary N) is 1. The molecule has 3 heterocycles. The maximum Gasteiger partial charge on any atom is 0.337 e. The molecule has 26 heavy (non-hydrogen) atoms. The van der Waals surface area contributed by atoms with E-state index in [1.54, 1.807) is 29.3 Å². The number of rotatable bonds is 2. The number of H-pyrrole nitrogens is 1. The molecule has 0 aliphatic carbocycles. The Labute approximate surface area is 154 Å². The molecular weight excluding hydrogens is 354 g/mol. The number of esters is 1. The molecule has 2 aromatic heterocycles. The highest BCUT2D eigenvalue weighted by Gasteiger charge is 2.26. The molecule has 0 fully saturated rings. The standard InChI is InChI=1S/C19H16ClN3O3/c1-26-19(25)11-4-5-15-13(9-11)14-10-23(8-6-16(14)22-15)18(24)12-3-2-7-21-17(12)20/h2-5,7,9,22H,6,8,10H2,1H3. The Morgan fingerprint density at radius 2 is 2.15 bits per heavy atom. The third kappa shape index (κ3) is 2.72. The normalized spacial score (nSPS) is 13.5. The minimum Gasteiger partial charge on any atom is -0.465 e. The molecule has 0 saturated carbocycles. The van der Waals surface area contributed by atoms with Gasteiger partial charge in [0.1, 0.15) is 5.15 Å². The van der Waals surface area contributed by atoms with Crippen molar-refractivity contribution in [3.05, 3.63) is 64.1 Å². The molecule has 0 atom stereocenters. The SMILES string of the molecule is COC(=O)c1ccc2[nH]c3c(c2c1)CN(C(=O)c1cccnc1Cl)CC3. The average Bonchev–Trinajstić information content (AvgIpc) is 3.04. The summed E-state index contributed by atoms with van der Waals surface area (Å²) in [5, 5.41) is 1.13. The zero-order chi connectivity index (χ0) is 18.3. The molecule has 0 spiro atoms. The minimum absolute atomic E-state index is 0.146. The predicted molar refractivity (Wildman–Crippen MR) is 97.3 cm³/mol. The molecular formula is C19H16ClN3O3. The summed E-state index contributed by atoms with van der Waals surface area (Å²) in [5.41, 5.74) is 3.93. The van der Waals surface area contributed by atoms with Crippen LogP contribution in [0.2, 0.25) is 5.15 Å². The third-order valence-corrected chi connectivity index (χ3v) is 4.97. The second-order valence-electron chi connectivity index (χ2n) is 6.15. The van der Waals surface area contributed by atoms with Crippen molar-refractivity contribution in [2.45, 2.75) is 13.0 Å². The molecule has 0 radical (unpaired) electrons. The first-order valence-electron chi connectivity index (χ1n) is 8.20. The fourth-order valence-corrected chi connectivity index (χ4v) is 3.55. The number of fused-ring (bicyclic) bond motifs is 3. The fraction of sp³-hybridized carbons (Fsp3) is 0.211. The summed E-state index contributed by atoms with van der Waals surface area (Å²) >= 11 is 6.07. The monoisotopic (exact) mass is 369 g/mol. The molecule has 1 N–H and O–H groups in total. The van der Waals surface area contributed by atoms with Gasteiger partial charge in [-0.05, 0) is 30.3 Å². The first-order chi connectivity index (χ1) is 12.6. The average molecular weight is 370 g/mol. The molecule has 3 aromatic rings. The molecule has 1 amide bonds. The molecule has 1 aliphatic rings. The van der Waals surface area contributed by atoms with Crippen molar-refractivity contribution in [2.24, 2.45) is 0 Å². The number of hydrogen-bond donors (Lipinski definition) is 1. The number of amides is 1. The van der Waals surface area contributed by atoms with E-state index in [0.29, 0.717) is 30.6 Å². The Kier molecular flexibility index (Phi) is 4.12. The summed E-state index contributed by atoms with van der Waals surface area (Å²) in [6.07, 6.45) is 2.27. The number of ether oxygens (including phenoxy) is 1. The Bertz CT molecular complexity index is 1030. The van der Waals surface area contributed by atoms with Crippen LogP contribution in [0, 0.1) is 0 Å². The summed E-state index contributed by atoms with van der Waals surface area (Å²) in [4.78, 5) is 33.8. The van der Waals surface area contributed by atoms with Gasteiger partial charge in [0.15, 0.2) is 0 Å². The highest BCUT2D eigenvalue weighted by molar-refractivity contribution is 6.32. The van der Waals surface area contributed by atoms with Gasteiger partial charge in [-0.25, -0.2) is 9.78 Å². The van der Waals surface area contributed by atoms with Gasteiger partial charge in [0, 0.05) is 47.9 Å². The van der Waals surface area contributed by atoms with Crippen LogP contribution in [-0.4, -0.2) is 40.4 Å². The van der Waals surface area contributed by atoms with Crippen molar-refractivity contribution in [1.29, 1.82) is 0 Å². The number of nitrogens with zero attached hydrogens (tertiary/aromatic N) is 2. The van der Waals surface area contributed by atoms with Crippen LogP contribution in [0.25, 0.3) is 10.9 Å². The third-order valence-electron chi connectivity index (χ3n) is 4.67. The van der Waals surface area contributed by atoms with Crippen LogP contribution in [0.5, 0.6) is 0 Å². The molecule has 4 rings (SSSR count). The van der Waals surface area contributed by atoms with E-state index in [-0.39, 0.29) is 17.0 Å². The molecule has 132 valence electrons. The summed E-state index contributed by atoms with van der Waals surface area (Å²) < 4.78 is 4.80. The topological polar surface area (TPSA) is 75.3 Å². The van der Waals surface area contributed by atoms with Gasteiger partial charge in [0.2, 0.25) is 0 Å². The van der Waals surface area contributed by atoms with Gasteiger partial charge in [-0.2, -0.15) is 0 Å². The predicted octanol–water partition coefficient (Wildman–Crippen LogP) is 3.20. The number of halogens is 1. The van der Waals surface area contributed by atoms with Gasteiger partial charge < -0.3 is 14.6 Å². The molecule has 0 unspecified atom stereocenters. The van der Waals surface area contributed by atoms with Crippen LogP contribution in [0.15, 0.2) is 36.5 Å². The van der Waals surface area contributed by atoms with Gasteiger partial charge in [-0.1, -0.05) is 11.6 Å². The Balaban J connectivity index is 1.70. The number of hydrogen-bond acceptors (Lipinski definition) is 4. The second kappa shape index (κ2) is 6.46. The second-order valence-corrected chi connectivity index (χ2v) is 6.51. The lowest BCUT2D eigenvalue weighted by molar-refractivity contribution is 0.0600. The first kappa shape index (κ1) is 16.6. The highest BCUT2D eigenvalue weighted by Crippen LogP contribution is 2.30. The van der Waals surface area contributed by atoms with Gasteiger partial charge in [0.25, 0.3) is 5.91 Å². The zero-order valence-corrected chi connectivity index (χ0v) is 14.8. The number of methoxy groups -OCH3 is 1. The first-order valence-corrected chi connectivity index (χ1v) is 8.58. The van der Waals surface area contributed by atoms with Crippen LogP contribution < -0.4 is 0 Å². The van der Waals surface area contributed by atoms with Crippen molar-refractivity contribution in [3.8, 4) is 0 Å². The summed E-state index contributed by atoms with van der Waals surface area (Å²) in [6.45, 7) is 1.04. The van der Waals surface area contributed by atoms with Crippen LogP contribution in [0.4, 0.5) is 0 Å². The molecule has 0 saturated heterocycles. The summed E-state index contributed by atoms with van der Waals surface area (Å²) in [7, 11) is 1.36. The molecule has 1 aliphatic heterocycles. The Morgan fingerprint density at radius 3 is 2.92 bits per heavy atom. The van der Waals surface area contributed by atoms with E-state index < -0.39 is 0 Å². The summed E-state index contributed by atoms with van der Waals surface area (Å²) in [6, 6.07) is 8.78. The zero-order valence-electron chi connectivity index (χ0n) is 14.1. The number of aromatic nitrogens is 2. The van der Waals surface area contributed by atoms with Crippen LogP contribution in [-0.2, 0) is 17.7 Å². The quantitative estimate of drug-likeness (QED) is 0.556. The lowest BCUT2D eigenvalue weighted by Crippen LogP contribution is -2.36. The number of pyridine rings is 1. The smallest absolute Gasteiger partial charge is 0.337 e. The highest BCUT2D eigenvalue weighted by atomic mass is 35.5. The number of carbonyl (C=O) groups is 2. The lowest BCUT2D eigenvalue weighted by atomic mass is 10.0. The van der Waals surface area contributed by atoms with Crippen LogP contribution in [0.3, 0.4) is 0 Å². The van der Waals surface area contributed by atoms with Gasteiger partial charge in [-0.3, -0.25) is 4.79 Å². The minimum atomic E-state index is -0.382. The van der Waals surface area contributed by atoms with E-state index in [1.807, 2.05) is 12.1 Å². The number of benzene rings is 1. The maximum absolute atomic E-state index is 12.8. The van der Waals surface area contributed by atoms with E-state index >= 15 is 0 Å². The van der Waals surface area contributed by atoms with Crippen LogP contribution in [0.1, 0.15) is 32.0 Å². The molecule has 0 bridgehead atoms. The lowest BCUT2D eigenvalue weighted by Gasteiger charge is -2.27. The molecule has 6 nitrogen and oxygen atoms in total.